The number of esters is 2. The Morgan fingerprint density at radius 3 is 2.16 bits per heavy atom. The van der Waals surface area contributed by atoms with Gasteiger partial charge in [-0.25, -0.2) is 9.59 Å². The van der Waals surface area contributed by atoms with Gasteiger partial charge in [-0.3, -0.25) is 9.36 Å². The second kappa shape index (κ2) is 11.6. The van der Waals surface area contributed by atoms with Crippen molar-refractivity contribution in [2.24, 2.45) is 5.73 Å². The van der Waals surface area contributed by atoms with E-state index >= 15 is 0 Å². The molecular weight excluding hydrogens is 500 g/mol. The van der Waals surface area contributed by atoms with Gasteiger partial charge < -0.3 is 15.2 Å². The maximum atomic E-state index is 13.6. The predicted octanol–water partition coefficient (Wildman–Crippen LogP) is 3.34. The molecule has 0 fully saturated rings. The normalized spacial score (nSPS) is 15.4. The molecule has 0 bridgehead atoms. The molecule has 1 aromatic heterocycles. The number of hydrogen-bond donors (Lipinski definition) is 1. The van der Waals surface area contributed by atoms with Crippen LogP contribution in [0.4, 0.5) is 0 Å². The van der Waals surface area contributed by atoms with Crippen molar-refractivity contribution < 1.29 is 19.1 Å². The van der Waals surface area contributed by atoms with Crippen molar-refractivity contribution in [1.29, 1.82) is 0 Å². The van der Waals surface area contributed by atoms with Gasteiger partial charge in [0.1, 0.15) is 10.5 Å². The van der Waals surface area contributed by atoms with Crippen LogP contribution in [0.3, 0.4) is 0 Å². The first-order valence-electron chi connectivity index (χ1n) is 12.7. The van der Waals surface area contributed by atoms with Gasteiger partial charge in [0, 0.05) is 0 Å². The standard InChI is InChI=1S/C30H32N2O5S/c1-5-7-16-37-29(34)24-23(21-14-10-19(4)11-15-21)25(30(35)36-6-2)28-32(26(24)31)27(33)22(38-28)17-20-12-8-18(3)9-13-20/h8-15,17,23H,5-7,16,31H2,1-4H3/b22-17-. The summed E-state index contributed by atoms with van der Waals surface area (Å²) in [5.74, 6) is -2.16. The fourth-order valence-corrected chi connectivity index (χ4v) is 5.51. The molecule has 4 rings (SSSR count). The van der Waals surface area contributed by atoms with Gasteiger partial charge in [-0.1, -0.05) is 73.0 Å². The quantitative estimate of drug-likeness (QED) is 0.353. The van der Waals surface area contributed by atoms with E-state index in [9.17, 15) is 14.4 Å². The molecule has 1 aliphatic heterocycles. The summed E-state index contributed by atoms with van der Waals surface area (Å²) in [7, 11) is 0. The zero-order chi connectivity index (χ0) is 27.4. The van der Waals surface area contributed by atoms with E-state index < -0.39 is 23.4 Å². The van der Waals surface area contributed by atoms with Crippen molar-refractivity contribution >= 4 is 40.7 Å². The second-order valence-electron chi connectivity index (χ2n) is 9.23. The lowest BCUT2D eigenvalue weighted by Crippen LogP contribution is -2.42. The Balaban J connectivity index is 2.04. The largest absolute Gasteiger partial charge is 0.463 e. The Labute approximate surface area is 225 Å². The summed E-state index contributed by atoms with van der Waals surface area (Å²) >= 11 is 1.15. The van der Waals surface area contributed by atoms with Gasteiger partial charge in [-0.05, 0) is 44.4 Å². The Kier molecular flexibility index (Phi) is 8.32. The Bertz CT molecular complexity index is 1560. The number of aromatic nitrogens is 1. The Hall–Kier alpha value is -3.91. The summed E-state index contributed by atoms with van der Waals surface area (Å²) < 4.78 is 13.0. The molecule has 0 spiro atoms. The topological polar surface area (TPSA) is 101 Å². The third-order valence-corrected chi connectivity index (χ3v) is 7.49. The molecule has 1 atom stereocenters. The van der Waals surface area contributed by atoms with E-state index in [1.54, 1.807) is 13.0 Å². The number of unbranched alkanes of at least 4 members (excludes halogenated alkanes) is 1. The van der Waals surface area contributed by atoms with Gasteiger partial charge in [0.25, 0.3) is 5.56 Å². The molecule has 0 saturated carbocycles. The molecule has 1 unspecified atom stereocenters. The van der Waals surface area contributed by atoms with E-state index in [0.29, 0.717) is 21.2 Å². The molecule has 0 aliphatic carbocycles. The van der Waals surface area contributed by atoms with E-state index in [4.69, 9.17) is 15.2 Å². The molecule has 7 nitrogen and oxygen atoms in total. The third-order valence-electron chi connectivity index (χ3n) is 6.38. The smallest absolute Gasteiger partial charge is 0.338 e. The minimum atomic E-state index is -0.853. The van der Waals surface area contributed by atoms with Crippen molar-refractivity contribution in [1.82, 2.24) is 4.57 Å². The number of benzene rings is 2. The van der Waals surface area contributed by atoms with E-state index in [1.165, 1.54) is 4.57 Å². The van der Waals surface area contributed by atoms with Gasteiger partial charge in [0.05, 0.1) is 34.8 Å². The highest BCUT2D eigenvalue weighted by Gasteiger charge is 2.39. The van der Waals surface area contributed by atoms with Crippen molar-refractivity contribution in [3.8, 4) is 0 Å². The lowest BCUT2D eigenvalue weighted by atomic mass is 9.83. The second-order valence-corrected chi connectivity index (χ2v) is 10.3. The third kappa shape index (κ3) is 5.36. The van der Waals surface area contributed by atoms with Gasteiger partial charge >= 0.3 is 11.9 Å². The monoisotopic (exact) mass is 532 g/mol. The van der Waals surface area contributed by atoms with Crippen LogP contribution < -0.4 is 20.5 Å². The number of hydrogen-bond acceptors (Lipinski definition) is 7. The van der Waals surface area contributed by atoms with Crippen molar-refractivity contribution in [3.63, 3.8) is 0 Å². The van der Waals surface area contributed by atoms with Crippen molar-refractivity contribution in [2.75, 3.05) is 13.2 Å². The molecule has 2 heterocycles. The summed E-state index contributed by atoms with van der Waals surface area (Å²) in [6, 6.07) is 15.3. The minimum Gasteiger partial charge on any atom is -0.463 e. The lowest BCUT2D eigenvalue weighted by Gasteiger charge is -2.27. The molecule has 0 saturated heterocycles. The van der Waals surface area contributed by atoms with Crippen LogP contribution >= 0.6 is 11.3 Å². The van der Waals surface area contributed by atoms with Crippen LogP contribution in [0.15, 0.2) is 58.9 Å². The average Bonchev–Trinajstić information content (AvgIpc) is 3.21. The SMILES string of the molecule is CCCCOC(=O)C1=C(N)n2c(s/c(=C\c3ccc(C)cc3)c2=O)=C(C(=O)OCC)C1c1ccc(C)cc1. The maximum Gasteiger partial charge on any atom is 0.338 e. The summed E-state index contributed by atoms with van der Waals surface area (Å²) in [5, 5.41) is 0. The number of carbonyl (C=O) groups excluding carboxylic acids is 2. The molecule has 3 aromatic rings. The van der Waals surface area contributed by atoms with Crippen LogP contribution in [0.2, 0.25) is 0 Å². The number of carbonyl (C=O) groups is 2. The lowest BCUT2D eigenvalue weighted by molar-refractivity contribution is -0.139. The first-order chi connectivity index (χ1) is 18.3. The van der Waals surface area contributed by atoms with E-state index in [-0.39, 0.29) is 30.2 Å². The van der Waals surface area contributed by atoms with Gasteiger partial charge in [-0.2, -0.15) is 0 Å². The first kappa shape index (κ1) is 27.1. The number of rotatable bonds is 8. The fourth-order valence-electron chi connectivity index (χ4n) is 4.35. The number of ether oxygens (including phenoxy) is 2. The molecule has 1 aliphatic rings. The molecule has 2 N–H and O–H groups in total. The molecule has 2 aromatic carbocycles. The van der Waals surface area contributed by atoms with Crippen molar-refractivity contribution in [3.05, 3.63) is 95.9 Å². The summed E-state index contributed by atoms with van der Waals surface area (Å²) in [6.07, 6.45) is 3.28. The first-order valence-corrected chi connectivity index (χ1v) is 13.5. The molecule has 0 amide bonds. The number of nitrogens with zero attached hydrogens (tertiary/aromatic N) is 1. The van der Waals surface area contributed by atoms with Crippen LogP contribution in [0, 0.1) is 13.8 Å². The maximum absolute atomic E-state index is 13.6. The molecular formula is C30H32N2O5S. The Morgan fingerprint density at radius 1 is 0.947 bits per heavy atom. The summed E-state index contributed by atoms with van der Waals surface area (Å²) in [6.45, 7) is 7.99. The minimum absolute atomic E-state index is 0.0371. The molecule has 8 heteroatoms. The summed E-state index contributed by atoms with van der Waals surface area (Å²) in [5.41, 5.74) is 10.1. The number of nitrogens with two attached hydrogens (primary N) is 1. The number of fused-ring (bicyclic) bond motifs is 1. The van der Waals surface area contributed by atoms with E-state index in [2.05, 4.69) is 0 Å². The highest BCUT2D eigenvalue weighted by Crippen LogP contribution is 2.37. The van der Waals surface area contributed by atoms with Gasteiger partial charge in [-0.15, -0.1) is 11.3 Å². The highest BCUT2D eigenvalue weighted by atomic mass is 32.1. The van der Waals surface area contributed by atoms with Crippen LogP contribution in [-0.2, 0) is 19.1 Å². The van der Waals surface area contributed by atoms with Gasteiger partial charge in [0.15, 0.2) is 0 Å². The van der Waals surface area contributed by atoms with Crippen molar-refractivity contribution in [2.45, 2.75) is 46.5 Å². The van der Waals surface area contributed by atoms with Crippen LogP contribution in [0.5, 0.6) is 0 Å². The molecule has 38 heavy (non-hydrogen) atoms. The average molecular weight is 533 g/mol. The van der Waals surface area contributed by atoms with E-state index in [1.807, 2.05) is 69.3 Å². The fraction of sp³-hybridized carbons (Fsp3) is 0.300. The van der Waals surface area contributed by atoms with Gasteiger partial charge in [0.2, 0.25) is 0 Å². The number of thiazole rings is 1. The zero-order valence-electron chi connectivity index (χ0n) is 22.1. The Morgan fingerprint density at radius 2 is 1.55 bits per heavy atom. The highest BCUT2D eigenvalue weighted by molar-refractivity contribution is 7.07. The molecule has 0 radical (unpaired) electrons. The number of aryl methyl sites for hydroxylation is 2. The predicted molar refractivity (Wildman–Crippen MR) is 150 cm³/mol. The van der Waals surface area contributed by atoms with Crippen LogP contribution in [0.1, 0.15) is 54.9 Å². The van der Waals surface area contributed by atoms with E-state index in [0.717, 1.165) is 34.4 Å². The zero-order valence-corrected chi connectivity index (χ0v) is 22.9. The molecule has 198 valence electrons. The van der Waals surface area contributed by atoms with Crippen LogP contribution in [0.25, 0.3) is 17.5 Å². The summed E-state index contributed by atoms with van der Waals surface area (Å²) in [4.78, 5) is 40.6. The van der Waals surface area contributed by atoms with Crippen LogP contribution in [-0.4, -0.2) is 29.7 Å².